The molecule has 1 N–H and O–H groups in total. The molecule has 0 bridgehead atoms. The van der Waals surface area contributed by atoms with Gasteiger partial charge in [-0.15, -0.1) is 11.3 Å². The molecule has 7 nitrogen and oxygen atoms in total. The average Bonchev–Trinajstić information content (AvgIpc) is 3.33. The third kappa shape index (κ3) is 3.69. The Morgan fingerprint density at radius 2 is 1.73 bits per heavy atom. The molecule has 0 spiro atoms. The first kappa shape index (κ1) is 18.7. The van der Waals surface area contributed by atoms with Crippen LogP contribution < -0.4 is 14.8 Å². The van der Waals surface area contributed by atoms with Gasteiger partial charge >= 0.3 is 0 Å². The van der Waals surface area contributed by atoms with E-state index in [1.807, 2.05) is 0 Å². The summed E-state index contributed by atoms with van der Waals surface area (Å²) in [6.07, 6.45) is 1.68. The van der Waals surface area contributed by atoms with Crippen LogP contribution in [0.1, 0.15) is 22.5 Å². The van der Waals surface area contributed by atoms with Gasteiger partial charge in [-0.2, -0.15) is 4.31 Å². The molecule has 9 heteroatoms. The van der Waals surface area contributed by atoms with Crippen LogP contribution in [0.2, 0.25) is 0 Å². The van der Waals surface area contributed by atoms with Gasteiger partial charge < -0.3 is 14.8 Å². The van der Waals surface area contributed by atoms with Crippen LogP contribution in [-0.2, 0) is 10.0 Å². The van der Waals surface area contributed by atoms with Gasteiger partial charge in [-0.3, -0.25) is 4.79 Å². The summed E-state index contributed by atoms with van der Waals surface area (Å²) >= 11 is 1.10. The highest BCUT2D eigenvalue weighted by molar-refractivity contribution is 7.89. The van der Waals surface area contributed by atoms with Gasteiger partial charge in [0.1, 0.15) is 21.3 Å². The highest BCUT2D eigenvalue weighted by Gasteiger charge is 2.31. The Morgan fingerprint density at radius 3 is 2.31 bits per heavy atom. The molecule has 2 heterocycles. The summed E-state index contributed by atoms with van der Waals surface area (Å²) in [7, 11) is -0.627. The van der Waals surface area contributed by atoms with Crippen molar-refractivity contribution in [2.75, 3.05) is 32.6 Å². The molecule has 1 amide bonds. The second kappa shape index (κ2) is 7.65. The number of carbonyl (C=O) groups excluding carboxylic acids is 1. The minimum absolute atomic E-state index is 0.0526. The van der Waals surface area contributed by atoms with E-state index in [1.54, 1.807) is 23.6 Å². The number of sulfonamides is 1. The zero-order valence-electron chi connectivity index (χ0n) is 14.5. The van der Waals surface area contributed by atoms with E-state index in [1.165, 1.54) is 24.6 Å². The van der Waals surface area contributed by atoms with Gasteiger partial charge in [0.2, 0.25) is 10.0 Å². The monoisotopic (exact) mass is 396 g/mol. The van der Waals surface area contributed by atoms with E-state index in [0.717, 1.165) is 24.2 Å². The lowest BCUT2D eigenvalue weighted by molar-refractivity contribution is 0.102. The van der Waals surface area contributed by atoms with Crippen LogP contribution in [0, 0.1) is 0 Å². The van der Waals surface area contributed by atoms with Gasteiger partial charge in [-0.25, -0.2) is 8.42 Å². The van der Waals surface area contributed by atoms with Gasteiger partial charge in [0, 0.05) is 37.0 Å². The van der Waals surface area contributed by atoms with E-state index in [0.29, 0.717) is 30.3 Å². The maximum Gasteiger partial charge on any atom is 0.267 e. The standard InChI is InChI=1S/C17H20N2O5S2/c1-23-13-9-12(10-14(11-13)24-2)18-17(20)16-15(5-8-25-16)26(21,22)19-6-3-4-7-19/h5,8-11H,3-4,6-7H2,1-2H3,(H,18,20). The number of ether oxygens (including phenoxy) is 2. The number of hydrogen-bond donors (Lipinski definition) is 1. The number of hydrogen-bond acceptors (Lipinski definition) is 6. The third-order valence-corrected chi connectivity index (χ3v) is 7.11. The molecule has 1 aliphatic rings. The largest absolute Gasteiger partial charge is 0.497 e. The topological polar surface area (TPSA) is 84.9 Å². The van der Waals surface area contributed by atoms with Crippen molar-refractivity contribution in [3.63, 3.8) is 0 Å². The first-order chi connectivity index (χ1) is 12.5. The Balaban J connectivity index is 1.87. The minimum atomic E-state index is -3.66. The quantitative estimate of drug-likeness (QED) is 0.812. The molecule has 0 atom stereocenters. The van der Waals surface area contributed by atoms with Crippen LogP contribution in [0.15, 0.2) is 34.5 Å². The van der Waals surface area contributed by atoms with Crippen molar-refractivity contribution < 1.29 is 22.7 Å². The Bertz CT molecular complexity index is 879. The molecule has 1 aliphatic heterocycles. The van der Waals surface area contributed by atoms with Crippen LogP contribution in [0.3, 0.4) is 0 Å². The minimum Gasteiger partial charge on any atom is -0.497 e. The average molecular weight is 396 g/mol. The number of methoxy groups -OCH3 is 2. The fourth-order valence-corrected chi connectivity index (χ4v) is 5.61. The fourth-order valence-electron chi connectivity index (χ4n) is 2.80. The summed E-state index contributed by atoms with van der Waals surface area (Å²) in [6.45, 7) is 0.985. The Kier molecular flexibility index (Phi) is 5.49. The van der Waals surface area contributed by atoms with Crippen molar-refractivity contribution in [1.29, 1.82) is 0 Å². The fraction of sp³-hybridized carbons (Fsp3) is 0.353. The van der Waals surface area contributed by atoms with Crippen molar-refractivity contribution >= 4 is 33.0 Å². The number of thiophene rings is 1. The van der Waals surface area contributed by atoms with Crippen molar-refractivity contribution in [2.45, 2.75) is 17.7 Å². The molecule has 0 radical (unpaired) electrons. The van der Waals surface area contributed by atoms with E-state index >= 15 is 0 Å². The van der Waals surface area contributed by atoms with E-state index < -0.39 is 15.9 Å². The second-order valence-electron chi connectivity index (χ2n) is 5.78. The summed E-state index contributed by atoms with van der Waals surface area (Å²) < 4.78 is 37.4. The number of nitrogens with zero attached hydrogens (tertiary/aromatic N) is 1. The van der Waals surface area contributed by atoms with Crippen molar-refractivity contribution in [2.24, 2.45) is 0 Å². The Labute approximate surface area is 156 Å². The van der Waals surface area contributed by atoms with Gasteiger partial charge in [0.15, 0.2) is 0 Å². The molecule has 140 valence electrons. The summed E-state index contributed by atoms with van der Waals surface area (Å²) in [4.78, 5) is 12.9. The molecule has 0 aliphatic carbocycles. The number of anilines is 1. The third-order valence-electron chi connectivity index (χ3n) is 4.13. The molecule has 1 fully saturated rings. The molecule has 1 aromatic heterocycles. The lowest BCUT2D eigenvalue weighted by atomic mass is 10.2. The lowest BCUT2D eigenvalue weighted by Gasteiger charge is -2.16. The summed E-state index contributed by atoms with van der Waals surface area (Å²) in [5, 5.41) is 4.34. The highest BCUT2D eigenvalue weighted by atomic mass is 32.2. The predicted octanol–water partition coefficient (Wildman–Crippen LogP) is 2.80. The number of benzene rings is 1. The predicted molar refractivity (Wildman–Crippen MR) is 99.8 cm³/mol. The smallest absolute Gasteiger partial charge is 0.267 e. The Hall–Kier alpha value is -2.10. The molecule has 1 aromatic carbocycles. The first-order valence-corrected chi connectivity index (χ1v) is 10.4. The van der Waals surface area contributed by atoms with E-state index in [2.05, 4.69) is 5.32 Å². The molecule has 0 unspecified atom stereocenters. The van der Waals surface area contributed by atoms with Gasteiger partial charge in [0.25, 0.3) is 5.91 Å². The molecular formula is C17H20N2O5S2. The first-order valence-electron chi connectivity index (χ1n) is 8.08. The van der Waals surface area contributed by atoms with Crippen LogP contribution in [0.5, 0.6) is 11.5 Å². The van der Waals surface area contributed by atoms with Gasteiger partial charge in [-0.1, -0.05) is 0 Å². The molecule has 3 rings (SSSR count). The zero-order chi connectivity index (χ0) is 18.7. The normalized spacial score (nSPS) is 15.0. The van der Waals surface area contributed by atoms with E-state index in [9.17, 15) is 13.2 Å². The summed E-state index contributed by atoms with van der Waals surface area (Å²) in [5.74, 6) is 0.569. The van der Waals surface area contributed by atoms with E-state index in [4.69, 9.17) is 9.47 Å². The molecule has 1 saturated heterocycles. The van der Waals surface area contributed by atoms with Crippen molar-refractivity contribution in [3.05, 3.63) is 34.5 Å². The van der Waals surface area contributed by atoms with Crippen LogP contribution >= 0.6 is 11.3 Å². The van der Waals surface area contributed by atoms with Crippen molar-refractivity contribution in [1.82, 2.24) is 4.31 Å². The molecule has 2 aromatic rings. The van der Waals surface area contributed by atoms with Gasteiger partial charge in [0.05, 0.1) is 14.2 Å². The summed E-state index contributed by atoms with van der Waals surface area (Å²) in [6, 6.07) is 6.45. The number of rotatable bonds is 6. The number of carbonyl (C=O) groups is 1. The van der Waals surface area contributed by atoms with Crippen LogP contribution in [0.4, 0.5) is 5.69 Å². The maximum absolute atomic E-state index is 12.8. The number of nitrogens with one attached hydrogen (secondary N) is 1. The zero-order valence-corrected chi connectivity index (χ0v) is 16.2. The second-order valence-corrected chi connectivity index (χ2v) is 8.60. The van der Waals surface area contributed by atoms with Crippen LogP contribution in [0.25, 0.3) is 0 Å². The van der Waals surface area contributed by atoms with Crippen molar-refractivity contribution in [3.8, 4) is 11.5 Å². The molecule has 0 saturated carbocycles. The number of amides is 1. The SMILES string of the molecule is COc1cc(NC(=O)c2sccc2S(=O)(=O)N2CCCC2)cc(OC)c1. The molecular weight excluding hydrogens is 376 g/mol. The van der Waals surface area contributed by atoms with Gasteiger partial charge in [-0.05, 0) is 24.3 Å². The van der Waals surface area contributed by atoms with E-state index in [-0.39, 0.29) is 9.77 Å². The maximum atomic E-state index is 12.8. The van der Waals surface area contributed by atoms with Crippen LogP contribution in [-0.4, -0.2) is 45.9 Å². The highest BCUT2D eigenvalue weighted by Crippen LogP contribution is 2.30. The molecule has 26 heavy (non-hydrogen) atoms. The lowest BCUT2D eigenvalue weighted by Crippen LogP contribution is -2.29. The summed E-state index contributed by atoms with van der Waals surface area (Å²) in [5.41, 5.74) is 0.462. The Morgan fingerprint density at radius 1 is 1.12 bits per heavy atom.